The molecular weight excluding hydrogens is 422 g/mol. The average Bonchev–Trinajstić information content (AvgIpc) is 2.83. The van der Waals surface area contributed by atoms with Gasteiger partial charge in [0.15, 0.2) is 0 Å². The van der Waals surface area contributed by atoms with E-state index in [1.54, 1.807) is 5.57 Å². The van der Waals surface area contributed by atoms with Gasteiger partial charge in [-0.3, -0.25) is 4.79 Å². The minimum absolute atomic E-state index is 0.0701. The largest absolute Gasteiger partial charge is 0.467 e. The van der Waals surface area contributed by atoms with Gasteiger partial charge in [0.25, 0.3) is 0 Å². The predicted octanol–water partition coefficient (Wildman–Crippen LogP) is 6.75. The molecule has 5 atom stereocenters. The van der Waals surface area contributed by atoms with E-state index in [-0.39, 0.29) is 17.3 Å². The number of carbonyl (C=O) groups excluding carboxylic acids is 2. The van der Waals surface area contributed by atoms with Crippen molar-refractivity contribution in [1.82, 2.24) is 5.32 Å². The van der Waals surface area contributed by atoms with Crippen molar-refractivity contribution in [2.24, 2.45) is 34.5 Å². The molecule has 190 valence electrons. The third-order valence-electron chi connectivity index (χ3n) is 10.2. The number of rotatable bonds is 6. The Morgan fingerprint density at radius 3 is 2.50 bits per heavy atom. The third-order valence-corrected chi connectivity index (χ3v) is 10.2. The lowest BCUT2D eigenvalue weighted by atomic mass is 9.46. The first kappa shape index (κ1) is 25.5. The molecule has 0 aromatic rings. The number of fused-ring (bicyclic) bond motifs is 3. The molecule has 34 heavy (non-hydrogen) atoms. The van der Waals surface area contributed by atoms with E-state index in [4.69, 9.17) is 4.74 Å². The number of ether oxygens (including phenoxy) is 1. The molecule has 0 spiro atoms. The van der Waals surface area contributed by atoms with Crippen LogP contribution >= 0.6 is 0 Å². The highest BCUT2D eigenvalue weighted by Gasteiger charge is 2.57. The molecule has 4 aliphatic carbocycles. The Bertz CT molecular complexity index is 836. The summed E-state index contributed by atoms with van der Waals surface area (Å²) in [6.45, 7) is 9.23. The highest BCUT2D eigenvalue weighted by atomic mass is 16.5. The van der Waals surface area contributed by atoms with Gasteiger partial charge < -0.3 is 10.1 Å². The molecule has 2 fully saturated rings. The van der Waals surface area contributed by atoms with Gasteiger partial charge in [0, 0.05) is 0 Å². The summed E-state index contributed by atoms with van der Waals surface area (Å²) in [6, 6.07) is -0.522. The highest BCUT2D eigenvalue weighted by molar-refractivity contribution is 5.88. The zero-order chi connectivity index (χ0) is 24.5. The molecular formula is C30H47NO3. The Balaban J connectivity index is 1.55. The summed E-state index contributed by atoms with van der Waals surface area (Å²) in [4.78, 5) is 26.6. The number of hydrogen-bond acceptors (Lipinski definition) is 3. The van der Waals surface area contributed by atoms with Crippen molar-refractivity contribution in [3.8, 4) is 0 Å². The number of carbonyl (C=O) groups is 2. The van der Waals surface area contributed by atoms with Crippen LogP contribution in [-0.4, -0.2) is 25.0 Å². The Morgan fingerprint density at radius 2 is 1.82 bits per heavy atom. The minimum atomic E-state index is -0.522. The van der Waals surface area contributed by atoms with E-state index < -0.39 is 11.5 Å². The van der Waals surface area contributed by atoms with Crippen molar-refractivity contribution >= 4 is 11.9 Å². The van der Waals surface area contributed by atoms with Gasteiger partial charge in [0.05, 0.1) is 12.5 Å². The maximum absolute atomic E-state index is 13.9. The Hall–Kier alpha value is -1.58. The van der Waals surface area contributed by atoms with Crippen LogP contribution < -0.4 is 5.32 Å². The van der Waals surface area contributed by atoms with Crippen LogP contribution in [-0.2, 0) is 14.3 Å². The molecule has 4 nitrogen and oxygen atoms in total. The quantitative estimate of drug-likeness (QED) is 0.438. The monoisotopic (exact) mass is 469 g/mol. The van der Waals surface area contributed by atoms with Crippen molar-refractivity contribution in [3.63, 3.8) is 0 Å². The van der Waals surface area contributed by atoms with E-state index in [2.05, 4.69) is 45.2 Å². The molecule has 4 heteroatoms. The van der Waals surface area contributed by atoms with Gasteiger partial charge in [-0.05, 0) is 73.2 Å². The molecule has 0 heterocycles. The van der Waals surface area contributed by atoms with Gasteiger partial charge >= 0.3 is 5.97 Å². The van der Waals surface area contributed by atoms with E-state index in [9.17, 15) is 9.59 Å². The second-order valence-corrected chi connectivity index (χ2v) is 12.5. The molecule has 2 saturated carbocycles. The van der Waals surface area contributed by atoms with Gasteiger partial charge in [-0.2, -0.15) is 0 Å². The zero-order valence-corrected chi connectivity index (χ0v) is 22.3. The fourth-order valence-electron chi connectivity index (χ4n) is 8.05. The topological polar surface area (TPSA) is 55.4 Å². The first-order chi connectivity index (χ1) is 16.2. The highest BCUT2D eigenvalue weighted by Crippen LogP contribution is 2.62. The molecule has 4 aliphatic rings. The Morgan fingerprint density at radius 1 is 1.09 bits per heavy atom. The van der Waals surface area contributed by atoms with E-state index >= 15 is 0 Å². The second kappa shape index (κ2) is 10.2. The number of hydrogen-bond donors (Lipinski definition) is 1. The summed E-state index contributed by atoms with van der Waals surface area (Å²) < 4.78 is 5.13. The van der Waals surface area contributed by atoms with Gasteiger partial charge in [0.2, 0.25) is 5.91 Å². The first-order valence-electron chi connectivity index (χ1n) is 14.0. The fourth-order valence-corrected chi connectivity index (χ4v) is 8.05. The number of nitrogens with one attached hydrogen (secondary N) is 1. The molecule has 0 unspecified atom stereocenters. The van der Waals surface area contributed by atoms with Crippen LogP contribution in [0.15, 0.2) is 23.3 Å². The lowest BCUT2D eigenvalue weighted by Crippen LogP contribution is -2.58. The minimum Gasteiger partial charge on any atom is -0.467 e. The van der Waals surface area contributed by atoms with Crippen LogP contribution in [0.3, 0.4) is 0 Å². The summed E-state index contributed by atoms with van der Waals surface area (Å²) in [5.74, 6) is 1.75. The predicted molar refractivity (Wildman–Crippen MR) is 137 cm³/mol. The molecule has 0 saturated heterocycles. The van der Waals surface area contributed by atoms with Crippen LogP contribution in [0.5, 0.6) is 0 Å². The standard InChI is InChI=1S/C30H47NO3/c1-20(2)22-12-14-24-23(19-22)13-15-26-29(24,3)16-9-17-30(26,4)28(33)31-25(27(32)34-5)18-21-10-7-6-8-11-21/h13,19-21,24-26H,6-12,14-18H2,1-5H3,(H,31,33)/t24-,25-,26+,29+,30+/m0/s1. The normalized spacial score (nSPS) is 34.9. The van der Waals surface area contributed by atoms with Gasteiger partial charge in [-0.1, -0.05) is 83.9 Å². The molecule has 4 rings (SSSR count). The van der Waals surface area contributed by atoms with Crippen molar-refractivity contribution in [2.45, 2.75) is 111 Å². The van der Waals surface area contributed by atoms with Crippen molar-refractivity contribution < 1.29 is 14.3 Å². The van der Waals surface area contributed by atoms with Gasteiger partial charge in [0.1, 0.15) is 6.04 Å². The van der Waals surface area contributed by atoms with Crippen molar-refractivity contribution in [1.29, 1.82) is 0 Å². The first-order valence-corrected chi connectivity index (χ1v) is 14.0. The maximum Gasteiger partial charge on any atom is 0.328 e. The summed E-state index contributed by atoms with van der Waals surface area (Å²) in [5.41, 5.74) is 2.78. The van der Waals surface area contributed by atoms with Gasteiger partial charge in [-0.25, -0.2) is 4.79 Å². The van der Waals surface area contributed by atoms with E-state index in [0.29, 0.717) is 30.1 Å². The van der Waals surface area contributed by atoms with Crippen LogP contribution in [0.4, 0.5) is 0 Å². The van der Waals surface area contributed by atoms with E-state index in [0.717, 1.165) is 32.1 Å². The fraction of sp³-hybridized carbons (Fsp3) is 0.800. The smallest absolute Gasteiger partial charge is 0.328 e. The number of esters is 1. The maximum atomic E-state index is 13.9. The molecule has 0 radical (unpaired) electrons. The number of methoxy groups -OCH3 is 1. The molecule has 0 aromatic heterocycles. The molecule has 1 N–H and O–H groups in total. The summed E-state index contributed by atoms with van der Waals surface area (Å²) in [6.07, 6.45) is 18.2. The summed E-state index contributed by atoms with van der Waals surface area (Å²) in [7, 11) is 1.44. The van der Waals surface area contributed by atoms with Crippen LogP contribution in [0.25, 0.3) is 0 Å². The van der Waals surface area contributed by atoms with Crippen LogP contribution in [0.1, 0.15) is 105 Å². The van der Waals surface area contributed by atoms with Crippen LogP contribution in [0.2, 0.25) is 0 Å². The van der Waals surface area contributed by atoms with Crippen molar-refractivity contribution in [2.75, 3.05) is 7.11 Å². The average molecular weight is 470 g/mol. The summed E-state index contributed by atoms with van der Waals surface area (Å²) in [5, 5.41) is 3.22. The molecule has 1 amide bonds. The van der Waals surface area contributed by atoms with E-state index in [1.165, 1.54) is 51.2 Å². The Kier molecular flexibility index (Phi) is 7.64. The summed E-state index contributed by atoms with van der Waals surface area (Å²) >= 11 is 0. The van der Waals surface area contributed by atoms with Crippen molar-refractivity contribution in [3.05, 3.63) is 23.3 Å². The molecule has 0 aliphatic heterocycles. The molecule has 0 bridgehead atoms. The third kappa shape index (κ3) is 4.75. The number of amides is 1. The number of allylic oxidation sites excluding steroid dienone is 4. The lowest BCUT2D eigenvalue weighted by molar-refractivity contribution is -0.152. The molecule has 0 aromatic carbocycles. The second-order valence-electron chi connectivity index (χ2n) is 12.5. The van der Waals surface area contributed by atoms with Crippen LogP contribution in [0, 0.1) is 34.5 Å². The SMILES string of the molecule is COC(=O)[C@H](CC1CCCCC1)NC(=O)[C@]1(C)CCC[C@@]2(C)[C@H]1CC=C1C=C(C(C)C)CC[C@@H]12. The lowest BCUT2D eigenvalue weighted by Gasteiger charge is -2.57. The Labute approximate surface area is 207 Å². The van der Waals surface area contributed by atoms with Gasteiger partial charge in [-0.15, -0.1) is 0 Å². The van der Waals surface area contributed by atoms with E-state index in [1.807, 2.05) is 0 Å². The zero-order valence-electron chi connectivity index (χ0n) is 22.3.